The Morgan fingerprint density at radius 1 is 1.64 bits per heavy atom. The molecule has 0 atom stereocenters. The van der Waals surface area contributed by atoms with E-state index in [2.05, 4.69) is 12.6 Å². The maximum Gasteiger partial charge on any atom is 0.0803 e. The van der Waals surface area contributed by atoms with E-state index in [9.17, 15) is 0 Å². The normalized spacial score (nSPS) is 10.6. The summed E-state index contributed by atoms with van der Waals surface area (Å²) in [5.41, 5.74) is -0.255. The van der Waals surface area contributed by atoms with Crippen LogP contribution in [0.5, 0.6) is 0 Å². The molecule has 0 saturated heterocycles. The number of nitrogens with zero attached hydrogens (tertiary/aromatic N) is 1. The van der Waals surface area contributed by atoms with Crippen molar-refractivity contribution in [2.45, 2.75) is 32.3 Å². The van der Waals surface area contributed by atoms with Gasteiger partial charge in [-0.2, -0.15) is 5.26 Å². The first-order valence-corrected chi connectivity index (χ1v) is 3.77. The largest absolute Gasteiger partial charge is 0.371 e. The Hall–Kier alpha value is -0.810. The molecule has 2 nitrogen and oxygen atoms in total. The highest BCUT2D eigenvalue weighted by Gasteiger charge is 2.11. The molecule has 0 aromatic rings. The SMILES string of the molecule is C=CC(C)(C)OCCCC#N. The van der Waals surface area contributed by atoms with Crippen molar-refractivity contribution in [3.8, 4) is 6.07 Å². The summed E-state index contributed by atoms with van der Waals surface area (Å²) >= 11 is 0. The van der Waals surface area contributed by atoms with Gasteiger partial charge in [-0.25, -0.2) is 0 Å². The zero-order valence-electron chi connectivity index (χ0n) is 7.26. The van der Waals surface area contributed by atoms with Crippen molar-refractivity contribution in [1.29, 1.82) is 5.26 Å². The fourth-order valence-corrected chi connectivity index (χ4v) is 0.545. The summed E-state index contributed by atoms with van der Waals surface area (Å²) in [7, 11) is 0. The second-order valence-corrected chi connectivity index (χ2v) is 2.92. The molecule has 0 heterocycles. The zero-order chi connectivity index (χ0) is 8.74. The van der Waals surface area contributed by atoms with Gasteiger partial charge in [-0.3, -0.25) is 0 Å². The highest BCUT2D eigenvalue weighted by molar-refractivity contribution is 4.89. The van der Waals surface area contributed by atoms with Crippen LogP contribution in [0.2, 0.25) is 0 Å². The smallest absolute Gasteiger partial charge is 0.0803 e. The summed E-state index contributed by atoms with van der Waals surface area (Å²) in [4.78, 5) is 0. The predicted octanol–water partition coefficient (Wildman–Crippen LogP) is 2.27. The first-order chi connectivity index (χ1) is 5.12. The highest BCUT2D eigenvalue weighted by atomic mass is 16.5. The molecular weight excluding hydrogens is 138 g/mol. The van der Waals surface area contributed by atoms with Gasteiger partial charge < -0.3 is 4.74 Å². The van der Waals surface area contributed by atoms with E-state index in [4.69, 9.17) is 10.00 Å². The number of ether oxygens (including phenoxy) is 1. The molecular formula is C9H15NO. The fourth-order valence-electron chi connectivity index (χ4n) is 0.545. The molecule has 0 aliphatic heterocycles. The third kappa shape index (κ3) is 5.63. The summed E-state index contributed by atoms with van der Waals surface area (Å²) in [6.45, 7) is 8.17. The first-order valence-electron chi connectivity index (χ1n) is 3.77. The van der Waals surface area contributed by atoms with E-state index in [1.54, 1.807) is 6.08 Å². The van der Waals surface area contributed by atoms with Crippen molar-refractivity contribution in [3.05, 3.63) is 12.7 Å². The van der Waals surface area contributed by atoms with Crippen LogP contribution in [0.15, 0.2) is 12.7 Å². The molecule has 11 heavy (non-hydrogen) atoms. The van der Waals surface area contributed by atoms with Crippen LogP contribution in [-0.2, 0) is 4.74 Å². The van der Waals surface area contributed by atoms with E-state index in [-0.39, 0.29) is 5.60 Å². The monoisotopic (exact) mass is 153 g/mol. The number of hydrogen-bond acceptors (Lipinski definition) is 2. The van der Waals surface area contributed by atoms with Crippen LogP contribution in [-0.4, -0.2) is 12.2 Å². The maximum absolute atomic E-state index is 8.23. The van der Waals surface area contributed by atoms with Crippen molar-refractivity contribution < 1.29 is 4.74 Å². The topological polar surface area (TPSA) is 33.0 Å². The zero-order valence-corrected chi connectivity index (χ0v) is 7.26. The molecule has 0 spiro atoms. The Labute approximate surface area is 68.5 Å². The van der Waals surface area contributed by atoms with Crippen LogP contribution in [0.25, 0.3) is 0 Å². The summed E-state index contributed by atoms with van der Waals surface area (Å²) < 4.78 is 5.41. The summed E-state index contributed by atoms with van der Waals surface area (Å²) in [6.07, 6.45) is 3.13. The van der Waals surface area contributed by atoms with Gasteiger partial charge >= 0.3 is 0 Å². The van der Waals surface area contributed by atoms with Gasteiger partial charge in [0.25, 0.3) is 0 Å². The molecule has 2 heteroatoms. The molecule has 0 saturated carbocycles. The van der Waals surface area contributed by atoms with Gasteiger partial charge in [0, 0.05) is 13.0 Å². The molecule has 0 unspecified atom stereocenters. The first kappa shape index (κ1) is 10.2. The Kier molecular flexibility index (Phi) is 4.56. The molecule has 0 N–H and O–H groups in total. The van der Waals surface area contributed by atoms with E-state index in [1.807, 2.05) is 13.8 Å². The van der Waals surface area contributed by atoms with Crippen LogP contribution in [0.3, 0.4) is 0 Å². The third-order valence-corrected chi connectivity index (χ3v) is 1.40. The van der Waals surface area contributed by atoms with E-state index < -0.39 is 0 Å². The summed E-state index contributed by atoms with van der Waals surface area (Å²) in [6, 6.07) is 2.07. The van der Waals surface area contributed by atoms with Crippen LogP contribution in [0.1, 0.15) is 26.7 Å². The molecule has 0 rings (SSSR count). The Balaban J connectivity index is 3.39. The molecule has 0 radical (unpaired) electrons. The van der Waals surface area contributed by atoms with Crippen molar-refractivity contribution in [2.75, 3.05) is 6.61 Å². The van der Waals surface area contributed by atoms with Crippen molar-refractivity contribution in [2.24, 2.45) is 0 Å². The Morgan fingerprint density at radius 3 is 2.73 bits per heavy atom. The van der Waals surface area contributed by atoms with Crippen molar-refractivity contribution >= 4 is 0 Å². The number of nitriles is 1. The maximum atomic E-state index is 8.23. The van der Waals surface area contributed by atoms with E-state index in [1.165, 1.54) is 0 Å². The van der Waals surface area contributed by atoms with Crippen molar-refractivity contribution in [3.63, 3.8) is 0 Å². The Bertz CT molecular complexity index is 155. The van der Waals surface area contributed by atoms with Crippen LogP contribution in [0, 0.1) is 11.3 Å². The van der Waals surface area contributed by atoms with E-state index in [0.29, 0.717) is 13.0 Å². The summed E-state index contributed by atoms with van der Waals surface area (Å²) in [5.74, 6) is 0. The van der Waals surface area contributed by atoms with Crippen molar-refractivity contribution in [1.82, 2.24) is 0 Å². The summed E-state index contributed by atoms with van der Waals surface area (Å²) in [5, 5.41) is 8.23. The van der Waals surface area contributed by atoms with Gasteiger partial charge in [0.1, 0.15) is 0 Å². The molecule has 0 aromatic heterocycles. The lowest BCUT2D eigenvalue weighted by Gasteiger charge is -2.20. The number of hydrogen-bond donors (Lipinski definition) is 0. The average Bonchev–Trinajstić information content (AvgIpc) is 1.99. The molecule has 62 valence electrons. The third-order valence-electron chi connectivity index (χ3n) is 1.40. The lowest BCUT2D eigenvalue weighted by molar-refractivity contribution is 0.0191. The predicted molar refractivity (Wildman–Crippen MR) is 45.1 cm³/mol. The minimum absolute atomic E-state index is 0.255. The highest BCUT2D eigenvalue weighted by Crippen LogP contribution is 2.10. The van der Waals surface area contributed by atoms with Gasteiger partial charge in [0.05, 0.1) is 11.7 Å². The lowest BCUT2D eigenvalue weighted by atomic mass is 10.1. The molecule has 0 aromatic carbocycles. The Morgan fingerprint density at radius 2 is 2.27 bits per heavy atom. The standard InChI is InChI=1S/C9H15NO/c1-4-9(2,3)11-8-6-5-7-10/h4H,1,5-6,8H2,2-3H3. The second kappa shape index (κ2) is 4.92. The molecule has 0 fully saturated rings. The fraction of sp³-hybridized carbons (Fsp3) is 0.667. The molecule has 0 bridgehead atoms. The van der Waals surface area contributed by atoms with Crippen LogP contribution in [0.4, 0.5) is 0 Å². The molecule has 0 aliphatic rings. The lowest BCUT2D eigenvalue weighted by Crippen LogP contribution is -2.21. The number of unbranched alkanes of at least 4 members (excludes halogenated alkanes) is 1. The van der Waals surface area contributed by atoms with Gasteiger partial charge in [-0.15, -0.1) is 6.58 Å². The quantitative estimate of drug-likeness (QED) is 0.448. The van der Waals surface area contributed by atoms with E-state index in [0.717, 1.165) is 6.42 Å². The minimum Gasteiger partial charge on any atom is -0.371 e. The van der Waals surface area contributed by atoms with Gasteiger partial charge in [0.15, 0.2) is 0 Å². The van der Waals surface area contributed by atoms with Gasteiger partial charge in [-0.05, 0) is 20.3 Å². The average molecular weight is 153 g/mol. The molecule has 0 amide bonds. The van der Waals surface area contributed by atoms with E-state index >= 15 is 0 Å². The second-order valence-electron chi connectivity index (χ2n) is 2.92. The number of rotatable bonds is 5. The van der Waals surface area contributed by atoms with Gasteiger partial charge in [0.2, 0.25) is 0 Å². The van der Waals surface area contributed by atoms with Gasteiger partial charge in [-0.1, -0.05) is 6.08 Å². The van der Waals surface area contributed by atoms with Crippen LogP contribution < -0.4 is 0 Å². The van der Waals surface area contributed by atoms with Crippen LogP contribution >= 0.6 is 0 Å². The minimum atomic E-state index is -0.255. The molecule has 0 aliphatic carbocycles.